The van der Waals surface area contributed by atoms with E-state index < -0.39 is 5.92 Å². The summed E-state index contributed by atoms with van der Waals surface area (Å²) >= 11 is 0. The van der Waals surface area contributed by atoms with Crippen molar-refractivity contribution >= 4 is 35.0 Å². The molecule has 216 valence electrons. The van der Waals surface area contributed by atoms with Crippen molar-refractivity contribution in [3.8, 4) is 5.75 Å². The van der Waals surface area contributed by atoms with Crippen molar-refractivity contribution < 1.29 is 23.1 Å². The minimum Gasteiger partial charge on any atom is -0.495 e. The topological polar surface area (TPSA) is 103 Å². The molecule has 10 nitrogen and oxygen atoms in total. The van der Waals surface area contributed by atoms with E-state index in [1.807, 2.05) is 4.90 Å². The number of piperidine rings is 1. The molecule has 2 N–H and O–H groups in total. The normalized spacial score (nSPS) is 19.8. The Morgan fingerprint density at radius 1 is 1.18 bits per heavy atom. The minimum absolute atomic E-state index is 0.0408. The molecule has 5 rings (SSSR count). The number of ether oxygens (including phenoxy) is 1. The maximum atomic E-state index is 13.4. The predicted molar refractivity (Wildman–Crippen MR) is 149 cm³/mol. The summed E-state index contributed by atoms with van der Waals surface area (Å²) in [6.07, 6.45) is 6.31. The second-order valence-corrected chi connectivity index (χ2v) is 10.7. The van der Waals surface area contributed by atoms with Gasteiger partial charge in [-0.25, -0.2) is 13.8 Å². The van der Waals surface area contributed by atoms with Gasteiger partial charge in [-0.05, 0) is 31.0 Å². The van der Waals surface area contributed by atoms with Gasteiger partial charge >= 0.3 is 0 Å². The number of aromatic nitrogens is 2. The van der Waals surface area contributed by atoms with E-state index in [-0.39, 0.29) is 24.7 Å². The van der Waals surface area contributed by atoms with Crippen molar-refractivity contribution in [3.05, 3.63) is 30.0 Å². The molecule has 12 heteroatoms. The van der Waals surface area contributed by atoms with Crippen LogP contribution in [0.3, 0.4) is 0 Å². The second kappa shape index (κ2) is 11.9. The number of hydrogen-bond donors (Lipinski definition) is 2. The van der Waals surface area contributed by atoms with E-state index in [1.54, 1.807) is 36.3 Å². The van der Waals surface area contributed by atoms with Crippen LogP contribution < -0.4 is 25.2 Å². The number of carbonyl (C=O) groups excluding carboxylic acids is 2. The van der Waals surface area contributed by atoms with Gasteiger partial charge in [-0.3, -0.25) is 9.59 Å². The molecule has 1 saturated heterocycles. The quantitative estimate of drug-likeness (QED) is 0.505. The summed E-state index contributed by atoms with van der Waals surface area (Å²) < 4.78 is 32.3. The molecule has 0 unspecified atom stereocenters. The van der Waals surface area contributed by atoms with Gasteiger partial charge in [0, 0.05) is 70.6 Å². The van der Waals surface area contributed by atoms with Crippen LogP contribution in [-0.2, 0) is 4.79 Å². The van der Waals surface area contributed by atoms with Gasteiger partial charge in [0.05, 0.1) is 19.0 Å². The Labute approximate surface area is 233 Å². The number of amides is 2. The molecule has 1 aromatic carbocycles. The van der Waals surface area contributed by atoms with Crippen LogP contribution in [0.5, 0.6) is 5.75 Å². The fraction of sp³-hybridized carbons (Fsp3) is 0.571. The highest BCUT2D eigenvalue weighted by molar-refractivity contribution is 5.97. The van der Waals surface area contributed by atoms with E-state index in [9.17, 15) is 18.4 Å². The molecule has 3 heterocycles. The standard InChI is InChI=1S/C28H37F2N7O3/c1-35-22-18-32-27(34-25(22)37(13-9-24(35)38)20-5-3-4-6-20)33-21-8-7-19(17-23(21)40-2)26(39)31-12-16-36-14-10-28(29,30)11-15-36/h7-8,17-18,20H,3-6,9-16H2,1-2H3,(H,31,39)(H,32,33,34). The number of alkyl halides is 2. The third-order valence-corrected chi connectivity index (χ3v) is 8.10. The van der Waals surface area contributed by atoms with Gasteiger partial charge in [0.25, 0.3) is 11.8 Å². The van der Waals surface area contributed by atoms with E-state index in [4.69, 9.17) is 9.72 Å². The van der Waals surface area contributed by atoms with Gasteiger partial charge < -0.3 is 30.1 Å². The van der Waals surface area contributed by atoms with Crippen LogP contribution in [0.2, 0.25) is 0 Å². The van der Waals surface area contributed by atoms with Crippen molar-refractivity contribution in [2.24, 2.45) is 0 Å². The van der Waals surface area contributed by atoms with E-state index >= 15 is 0 Å². The first kappa shape index (κ1) is 28.0. The highest BCUT2D eigenvalue weighted by Gasteiger charge is 2.34. The molecule has 2 aliphatic heterocycles. The van der Waals surface area contributed by atoms with Gasteiger partial charge in [0.15, 0.2) is 5.82 Å². The molecular formula is C28H37F2N7O3. The minimum atomic E-state index is -2.58. The molecule has 1 aromatic heterocycles. The molecule has 2 aromatic rings. The summed E-state index contributed by atoms with van der Waals surface area (Å²) in [5.41, 5.74) is 1.71. The predicted octanol–water partition coefficient (Wildman–Crippen LogP) is 3.81. The number of halogens is 2. The summed E-state index contributed by atoms with van der Waals surface area (Å²) in [5.74, 6) is -1.26. The third-order valence-electron chi connectivity index (χ3n) is 8.10. The second-order valence-electron chi connectivity index (χ2n) is 10.7. The highest BCUT2D eigenvalue weighted by atomic mass is 19.3. The zero-order valence-electron chi connectivity index (χ0n) is 23.1. The zero-order valence-corrected chi connectivity index (χ0v) is 23.1. The Morgan fingerprint density at radius 2 is 1.93 bits per heavy atom. The summed E-state index contributed by atoms with van der Waals surface area (Å²) in [7, 11) is 3.28. The fourth-order valence-corrected chi connectivity index (χ4v) is 5.66. The molecule has 0 bridgehead atoms. The number of likely N-dealkylation sites (tertiary alicyclic amines) is 1. The van der Waals surface area contributed by atoms with Gasteiger partial charge in [0.2, 0.25) is 11.9 Å². The van der Waals surface area contributed by atoms with E-state index in [2.05, 4.69) is 20.5 Å². The van der Waals surface area contributed by atoms with Gasteiger partial charge in [-0.2, -0.15) is 4.98 Å². The van der Waals surface area contributed by atoms with Crippen LogP contribution in [0, 0.1) is 0 Å². The van der Waals surface area contributed by atoms with E-state index in [1.165, 1.54) is 20.0 Å². The average Bonchev–Trinajstić information content (AvgIpc) is 3.45. The van der Waals surface area contributed by atoms with Crippen LogP contribution in [0.15, 0.2) is 24.4 Å². The number of carbonyl (C=O) groups is 2. The van der Waals surface area contributed by atoms with Crippen molar-refractivity contribution in [2.75, 3.05) is 62.0 Å². The monoisotopic (exact) mass is 557 g/mol. The van der Waals surface area contributed by atoms with Crippen LogP contribution in [0.1, 0.15) is 55.3 Å². The average molecular weight is 558 g/mol. The van der Waals surface area contributed by atoms with Crippen molar-refractivity contribution in [1.82, 2.24) is 20.2 Å². The molecular weight excluding hydrogens is 520 g/mol. The smallest absolute Gasteiger partial charge is 0.251 e. The molecule has 1 saturated carbocycles. The number of hydrogen-bond acceptors (Lipinski definition) is 8. The lowest BCUT2D eigenvalue weighted by Gasteiger charge is -2.31. The molecule has 3 aliphatic rings. The summed E-state index contributed by atoms with van der Waals surface area (Å²) in [6.45, 7) is 2.16. The third kappa shape index (κ3) is 6.27. The molecule has 2 amide bonds. The number of anilines is 4. The first-order valence-corrected chi connectivity index (χ1v) is 14.0. The van der Waals surface area contributed by atoms with Gasteiger partial charge in [-0.1, -0.05) is 12.8 Å². The summed E-state index contributed by atoms with van der Waals surface area (Å²) in [6, 6.07) is 5.41. The number of fused-ring (bicyclic) bond motifs is 1. The largest absolute Gasteiger partial charge is 0.495 e. The number of nitrogens with zero attached hydrogens (tertiary/aromatic N) is 5. The molecule has 40 heavy (non-hydrogen) atoms. The molecule has 0 radical (unpaired) electrons. The molecule has 0 atom stereocenters. The highest BCUT2D eigenvalue weighted by Crippen LogP contribution is 2.37. The maximum Gasteiger partial charge on any atom is 0.251 e. The Morgan fingerprint density at radius 3 is 2.65 bits per heavy atom. The van der Waals surface area contributed by atoms with E-state index in [0.29, 0.717) is 73.8 Å². The SMILES string of the molecule is COc1cc(C(=O)NCCN2CCC(F)(F)CC2)ccc1Nc1ncc2c(n1)N(C1CCCC1)CCC(=O)N2C. The van der Waals surface area contributed by atoms with Crippen LogP contribution in [-0.4, -0.2) is 85.5 Å². The van der Waals surface area contributed by atoms with Crippen molar-refractivity contribution in [1.29, 1.82) is 0 Å². The molecule has 0 spiro atoms. The Hall–Kier alpha value is -3.54. The number of nitrogens with one attached hydrogen (secondary N) is 2. The Balaban J connectivity index is 1.26. The summed E-state index contributed by atoms with van der Waals surface area (Å²) in [4.78, 5) is 40.5. The molecule has 2 fully saturated rings. The molecule has 1 aliphatic carbocycles. The lowest BCUT2D eigenvalue weighted by Crippen LogP contribution is -2.43. The zero-order chi connectivity index (χ0) is 28.3. The number of methoxy groups -OCH3 is 1. The van der Waals surface area contributed by atoms with Crippen LogP contribution in [0.25, 0.3) is 0 Å². The fourth-order valence-electron chi connectivity index (χ4n) is 5.66. The van der Waals surface area contributed by atoms with Crippen LogP contribution in [0.4, 0.5) is 31.9 Å². The first-order valence-electron chi connectivity index (χ1n) is 14.0. The Kier molecular flexibility index (Phi) is 8.34. The van der Waals surface area contributed by atoms with Gasteiger partial charge in [-0.15, -0.1) is 0 Å². The van der Waals surface area contributed by atoms with Crippen LogP contribution >= 0.6 is 0 Å². The lowest BCUT2D eigenvalue weighted by molar-refractivity contribution is -0.118. The summed E-state index contributed by atoms with van der Waals surface area (Å²) in [5, 5.41) is 6.07. The Bertz CT molecular complexity index is 1230. The number of benzene rings is 1. The van der Waals surface area contributed by atoms with Crippen molar-refractivity contribution in [2.45, 2.75) is 56.9 Å². The number of rotatable bonds is 8. The lowest BCUT2D eigenvalue weighted by atomic mass is 10.1. The van der Waals surface area contributed by atoms with Crippen molar-refractivity contribution in [3.63, 3.8) is 0 Å². The van der Waals surface area contributed by atoms with Gasteiger partial charge in [0.1, 0.15) is 11.4 Å². The maximum absolute atomic E-state index is 13.4. The first-order chi connectivity index (χ1) is 19.2. The van der Waals surface area contributed by atoms with E-state index in [0.717, 1.165) is 18.7 Å².